The fourth-order valence-corrected chi connectivity index (χ4v) is 3.10. The zero-order valence-corrected chi connectivity index (χ0v) is 10.8. The second kappa shape index (κ2) is 4.53. The highest BCUT2D eigenvalue weighted by Crippen LogP contribution is 2.23. The van der Waals surface area contributed by atoms with Crippen molar-refractivity contribution in [2.75, 3.05) is 6.54 Å². The summed E-state index contributed by atoms with van der Waals surface area (Å²) in [6, 6.07) is 0.264. The minimum absolute atomic E-state index is 0.264. The fourth-order valence-electron chi connectivity index (χ4n) is 1.37. The van der Waals surface area contributed by atoms with Crippen molar-refractivity contribution in [2.24, 2.45) is 4.99 Å². The third-order valence-corrected chi connectivity index (χ3v) is 4.32. The van der Waals surface area contributed by atoms with Crippen molar-refractivity contribution < 1.29 is 0 Å². The van der Waals surface area contributed by atoms with Crippen LogP contribution in [-0.2, 0) is 0 Å². The van der Waals surface area contributed by atoms with Gasteiger partial charge in [-0.2, -0.15) is 0 Å². The van der Waals surface area contributed by atoms with Gasteiger partial charge in [0.15, 0.2) is 5.17 Å². The van der Waals surface area contributed by atoms with Crippen LogP contribution in [0.15, 0.2) is 10.4 Å². The van der Waals surface area contributed by atoms with Gasteiger partial charge in [-0.15, -0.1) is 11.3 Å². The van der Waals surface area contributed by atoms with Gasteiger partial charge in [0, 0.05) is 16.3 Å². The Bertz CT molecular complexity index is 372. The summed E-state index contributed by atoms with van der Waals surface area (Å²) < 4.78 is 0. The van der Waals surface area contributed by atoms with E-state index in [0.29, 0.717) is 5.25 Å². The van der Waals surface area contributed by atoms with Gasteiger partial charge in [-0.25, -0.2) is 4.98 Å². The van der Waals surface area contributed by atoms with E-state index in [2.05, 4.69) is 34.5 Å². The van der Waals surface area contributed by atoms with Crippen molar-refractivity contribution in [1.29, 1.82) is 0 Å². The lowest BCUT2D eigenvalue weighted by atomic mass is 10.4. The number of nitrogens with zero attached hydrogens (tertiary/aromatic N) is 2. The van der Waals surface area contributed by atoms with Crippen molar-refractivity contribution in [3.8, 4) is 0 Å². The molecule has 0 saturated carbocycles. The second-order valence-electron chi connectivity index (χ2n) is 3.77. The summed E-state index contributed by atoms with van der Waals surface area (Å²) in [4.78, 5) is 8.90. The van der Waals surface area contributed by atoms with Crippen LogP contribution in [0, 0.1) is 6.92 Å². The van der Waals surface area contributed by atoms with Crippen molar-refractivity contribution in [3.63, 3.8) is 0 Å². The first-order valence-corrected chi connectivity index (χ1v) is 6.80. The average molecular weight is 241 g/mol. The quantitative estimate of drug-likeness (QED) is 0.864. The molecule has 0 amide bonds. The molecule has 5 heteroatoms. The van der Waals surface area contributed by atoms with Crippen LogP contribution < -0.4 is 5.32 Å². The lowest BCUT2D eigenvalue weighted by molar-refractivity contribution is 0.713. The molecular weight excluding hydrogens is 226 g/mol. The van der Waals surface area contributed by atoms with Crippen molar-refractivity contribution in [3.05, 3.63) is 16.1 Å². The molecule has 1 aromatic heterocycles. The number of thioether (sulfide) groups is 1. The third kappa shape index (κ3) is 2.72. The fraction of sp³-hybridized carbons (Fsp3) is 0.600. The van der Waals surface area contributed by atoms with E-state index in [1.165, 1.54) is 0 Å². The Morgan fingerprint density at radius 2 is 2.40 bits per heavy atom. The Morgan fingerprint density at radius 3 is 2.93 bits per heavy atom. The molecule has 1 aromatic rings. The normalized spacial score (nSPS) is 22.6. The van der Waals surface area contributed by atoms with Gasteiger partial charge in [0.25, 0.3) is 0 Å². The first kappa shape index (κ1) is 11.0. The lowest BCUT2D eigenvalue weighted by Crippen LogP contribution is -2.23. The van der Waals surface area contributed by atoms with Gasteiger partial charge in [0.05, 0.1) is 12.6 Å². The maximum absolute atomic E-state index is 4.46. The number of aromatic nitrogens is 1. The average Bonchev–Trinajstić information content (AvgIpc) is 2.75. The molecule has 1 aliphatic heterocycles. The van der Waals surface area contributed by atoms with Crippen LogP contribution >= 0.6 is 23.1 Å². The maximum atomic E-state index is 4.46. The van der Waals surface area contributed by atoms with Crippen LogP contribution in [0.25, 0.3) is 0 Å². The molecule has 0 spiro atoms. The molecule has 2 rings (SSSR count). The predicted molar refractivity (Wildman–Crippen MR) is 67.8 cm³/mol. The zero-order valence-electron chi connectivity index (χ0n) is 9.15. The summed E-state index contributed by atoms with van der Waals surface area (Å²) in [6.07, 6.45) is 0. The molecule has 2 atom stereocenters. The number of hydrogen-bond donors (Lipinski definition) is 1. The third-order valence-electron chi connectivity index (χ3n) is 2.15. The summed E-state index contributed by atoms with van der Waals surface area (Å²) >= 11 is 3.51. The van der Waals surface area contributed by atoms with E-state index in [0.717, 1.165) is 22.4 Å². The molecule has 2 unspecified atom stereocenters. The van der Waals surface area contributed by atoms with E-state index in [1.807, 2.05) is 18.7 Å². The Hall–Kier alpha value is -0.550. The summed E-state index contributed by atoms with van der Waals surface area (Å²) in [6.45, 7) is 7.28. The molecule has 15 heavy (non-hydrogen) atoms. The predicted octanol–water partition coefficient (Wildman–Crippen LogP) is 2.59. The van der Waals surface area contributed by atoms with E-state index < -0.39 is 0 Å². The zero-order chi connectivity index (χ0) is 10.8. The van der Waals surface area contributed by atoms with Crippen LogP contribution in [-0.4, -0.2) is 21.9 Å². The smallest absolute Gasteiger partial charge is 0.157 e. The first-order valence-electron chi connectivity index (χ1n) is 5.05. The molecule has 0 fully saturated rings. The van der Waals surface area contributed by atoms with Gasteiger partial charge in [-0.1, -0.05) is 18.7 Å². The highest BCUT2D eigenvalue weighted by atomic mass is 32.2. The molecule has 0 bridgehead atoms. The lowest BCUT2D eigenvalue weighted by Gasteiger charge is -2.11. The Balaban J connectivity index is 1.95. The Labute approximate surface area is 98.4 Å². The number of amidine groups is 1. The second-order valence-corrected chi connectivity index (χ2v) is 6.08. The van der Waals surface area contributed by atoms with E-state index in [4.69, 9.17) is 0 Å². The van der Waals surface area contributed by atoms with Crippen LogP contribution in [0.3, 0.4) is 0 Å². The minimum atomic E-state index is 0.264. The van der Waals surface area contributed by atoms with Crippen LogP contribution in [0.5, 0.6) is 0 Å². The first-order chi connectivity index (χ1) is 7.15. The number of nitrogens with one attached hydrogen (secondary N) is 1. The van der Waals surface area contributed by atoms with Gasteiger partial charge >= 0.3 is 0 Å². The molecule has 0 radical (unpaired) electrons. The monoisotopic (exact) mass is 241 g/mol. The highest BCUT2D eigenvalue weighted by molar-refractivity contribution is 8.14. The number of aliphatic imine (C=N–C) groups is 1. The Morgan fingerprint density at radius 1 is 1.60 bits per heavy atom. The minimum Gasteiger partial charge on any atom is -0.356 e. The van der Waals surface area contributed by atoms with Crippen molar-refractivity contribution >= 4 is 28.3 Å². The van der Waals surface area contributed by atoms with E-state index in [-0.39, 0.29) is 6.04 Å². The number of rotatable bonds is 2. The van der Waals surface area contributed by atoms with Gasteiger partial charge in [-0.05, 0) is 13.8 Å². The van der Waals surface area contributed by atoms with Gasteiger partial charge in [0.2, 0.25) is 0 Å². The van der Waals surface area contributed by atoms with Crippen molar-refractivity contribution in [2.45, 2.75) is 32.1 Å². The van der Waals surface area contributed by atoms with Gasteiger partial charge in [0.1, 0.15) is 5.01 Å². The molecule has 1 N–H and O–H groups in total. The number of aryl methyl sites for hydroxylation is 1. The van der Waals surface area contributed by atoms with E-state index >= 15 is 0 Å². The molecule has 82 valence electrons. The highest BCUT2D eigenvalue weighted by Gasteiger charge is 2.18. The Kier molecular flexibility index (Phi) is 3.31. The van der Waals surface area contributed by atoms with Crippen LogP contribution in [0.2, 0.25) is 0 Å². The van der Waals surface area contributed by atoms with E-state index in [1.54, 1.807) is 11.3 Å². The topological polar surface area (TPSA) is 37.3 Å². The van der Waals surface area contributed by atoms with Gasteiger partial charge in [-0.3, -0.25) is 4.99 Å². The summed E-state index contributed by atoms with van der Waals surface area (Å²) in [5.41, 5.74) is 1.10. The molecular formula is C10H15N3S2. The van der Waals surface area contributed by atoms with Crippen LogP contribution in [0.4, 0.5) is 0 Å². The molecule has 2 heterocycles. The number of thiazole rings is 1. The number of hydrogen-bond acceptors (Lipinski definition) is 5. The molecule has 0 aliphatic carbocycles. The van der Waals surface area contributed by atoms with Gasteiger partial charge < -0.3 is 5.32 Å². The summed E-state index contributed by atoms with van der Waals surface area (Å²) in [5, 5.41) is 8.28. The standard InChI is InChI=1S/C10H15N3S2/c1-6-5-14-9(12-6)8(3)13-10-11-4-7(2)15-10/h5,7-8H,4H2,1-3H3,(H,11,13). The summed E-state index contributed by atoms with van der Waals surface area (Å²) in [5.74, 6) is 0. The largest absolute Gasteiger partial charge is 0.356 e. The van der Waals surface area contributed by atoms with Crippen LogP contribution in [0.1, 0.15) is 30.6 Å². The molecule has 3 nitrogen and oxygen atoms in total. The van der Waals surface area contributed by atoms with Crippen molar-refractivity contribution in [1.82, 2.24) is 10.3 Å². The molecule has 0 aromatic carbocycles. The SMILES string of the molecule is Cc1csc(C(C)NC2=NCC(C)S2)n1. The molecule has 0 saturated heterocycles. The molecule has 1 aliphatic rings. The van der Waals surface area contributed by atoms with E-state index in [9.17, 15) is 0 Å². The maximum Gasteiger partial charge on any atom is 0.157 e. The summed E-state index contributed by atoms with van der Waals surface area (Å²) in [7, 11) is 0.